The highest BCUT2D eigenvalue weighted by Crippen LogP contribution is 2.63. The zero-order valence-electron chi connectivity index (χ0n) is 30.3. The normalized spacial score (nSPS) is 15.2. The van der Waals surface area contributed by atoms with Gasteiger partial charge in [0.15, 0.2) is 0 Å². The first kappa shape index (κ1) is 30.4. The SMILES string of the molecule is c1ccc(N(c2ccc3c(c2)C2(c4ccccc4-3)c3ccccc3-n3c4ccccc4c4c5sc6ccccc6c5cc2c43)c2cccc3ccccc23)cc1. The molecule has 56 heavy (non-hydrogen) atoms. The van der Waals surface area contributed by atoms with Crippen LogP contribution in [0.5, 0.6) is 0 Å². The fourth-order valence-corrected chi connectivity index (χ4v) is 11.6. The van der Waals surface area contributed by atoms with E-state index in [1.807, 2.05) is 11.3 Å². The molecule has 3 heteroatoms. The largest absolute Gasteiger partial charge is 0.310 e. The second kappa shape index (κ2) is 11.1. The van der Waals surface area contributed by atoms with E-state index >= 15 is 0 Å². The average molecular weight is 729 g/mol. The van der Waals surface area contributed by atoms with Gasteiger partial charge in [0.25, 0.3) is 0 Å². The average Bonchev–Trinajstić information content (AvgIpc) is 3.90. The summed E-state index contributed by atoms with van der Waals surface area (Å²) in [6, 6.07) is 72.4. The molecule has 1 aliphatic heterocycles. The van der Waals surface area contributed by atoms with Gasteiger partial charge in [0.2, 0.25) is 0 Å². The van der Waals surface area contributed by atoms with Crippen LogP contribution < -0.4 is 4.90 Å². The summed E-state index contributed by atoms with van der Waals surface area (Å²) in [4.78, 5) is 2.45. The van der Waals surface area contributed by atoms with E-state index in [9.17, 15) is 0 Å². The molecule has 1 spiro atoms. The Morgan fingerprint density at radius 1 is 0.446 bits per heavy atom. The molecular formula is C53H32N2S. The van der Waals surface area contributed by atoms with Crippen molar-refractivity contribution in [3.05, 3.63) is 216 Å². The highest BCUT2D eigenvalue weighted by Gasteiger charge is 2.51. The van der Waals surface area contributed by atoms with Gasteiger partial charge in [-0.1, -0.05) is 140 Å². The second-order valence-corrected chi connectivity index (χ2v) is 16.2. The number of aromatic nitrogens is 1. The quantitative estimate of drug-likeness (QED) is 0.176. The summed E-state index contributed by atoms with van der Waals surface area (Å²) >= 11 is 1.93. The Bertz CT molecular complexity index is 3440. The van der Waals surface area contributed by atoms with Crippen molar-refractivity contribution in [2.75, 3.05) is 4.90 Å². The number of thiophene rings is 1. The third kappa shape index (κ3) is 3.75. The Labute approximate surface area is 327 Å². The molecule has 0 saturated carbocycles. The Kier molecular flexibility index (Phi) is 6.01. The van der Waals surface area contributed by atoms with Crippen LogP contribution in [0.1, 0.15) is 22.3 Å². The van der Waals surface area contributed by atoms with E-state index < -0.39 is 5.41 Å². The Hall–Kier alpha value is -6.94. The van der Waals surface area contributed by atoms with Crippen molar-refractivity contribution in [3.63, 3.8) is 0 Å². The van der Waals surface area contributed by atoms with Crippen LogP contribution in [0.2, 0.25) is 0 Å². The van der Waals surface area contributed by atoms with Gasteiger partial charge in [0.05, 0.1) is 27.8 Å². The predicted octanol–water partition coefficient (Wildman–Crippen LogP) is 14.5. The van der Waals surface area contributed by atoms with Gasteiger partial charge >= 0.3 is 0 Å². The highest BCUT2D eigenvalue weighted by molar-refractivity contribution is 7.26. The van der Waals surface area contributed by atoms with Gasteiger partial charge in [-0.15, -0.1) is 11.3 Å². The number of benzene rings is 9. The topological polar surface area (TPSA) is 8.17 Å². The molecule has 9 aromatic carbocycles. The van der Waals surface area contributed by atoms with E-state index in [1.54, 1.807) is 0 Å². The van der Waals surface area contributed by atoms with Crippen LogP contribution >= 0.6 is 11.3 Å². The van der Waals surface area contributed by atoms with Crippen LogP contribution in [0.4, 0.5) is 17.1 Å². The van der Waals surface area contributed by atoms with Crippen molar-refractivity contribution >= 4 is 81.1 Å². The van der Waals surface area contributed by atoms with Crippen molar-refractivity contribution in [3.8, 4) is 16.8 Å². The maximum Gasteiger partial charge on any atom is 0.0755 e. The molecule has 0 radical (unpaired) electrons. The van der Waals surface area contributed by atoms with Crippen LogP contribution in [-0.4, -0.2) is 4.57 Å². The van der Waals surface area contributed by atoms with Gasteiger partial charge in [-0.3, -0.25) is 0 Å². The highest BCUT2D eigenvalue weighted by atomic mass is 32.1. The lowest BCUT2D eigenvalue weighted by Crippen LogP contribution is -2.33. The molecule has 260 valence electrons. The van der Waals surface area contributed by atoms with E-state index in [4.69, 9.17) is 0 Å². The maximum atomic E-state index is 2.57. The molecule has 2 aromatic heterocycles. The molecule has 3 heterocycles. The summed E-state index contributed by atoms with van der Waals surface area (Å²) in [5.74, 6) is 0. The molecule has 0 N–H and O–H groups in total. The monoisotopic (exact) mass is 728 g/mol. The molecule has 1 atom stereocenters. The number of para-hydroxylation sites is 3. The summed E-state index contributed by atoms with van der Waals surface area (Å²) < 4.78 is 5.26. The van der Waals surface area contributed by atoms with E-state index in [1.165, 1.54) is 91.8 Å². The molecule has 13 rings (SSSR count). The smallest absolute Gasteiger partial charge is 0.0755 e. The van der Waals surface area contributed by atoms with Gasteiger partial charge in [-0.05, 0) is 93.4 Å². The first-order chi connectivity index (χ1) is 27.8. The lowest BCUT2D eigenvalue weighted by atomic mass is 9.65. The van der Waals surface area contributed by atoms with Crippen LogP contribution in [0.15, 0.2) is 194 Å². The number of hydrogen-bond donors (Lipinski definition) is 0. The lowest BCUT2D eigenvalue weighted by Gasteiger charge is -2.40. The van der Waals surface area contributed by atoms with Crippen LogP contribution in [-0.2, 0) is 5.41 Å². The molecule has 0 amide bonds. The fourth-order valence-electron chi connectivity index (χ4n) is 10.4. The molecule has 2 nitrogen and oxygen atoms in total. The Morgan fingerprint density at radius 3 is 2.05 bits per heavy atom. The first-order valence-electron chi connectivity index (χ1n) is 19.4. The number of anilines is 3. The van der Waals surface area contributed by atoms with Gasteiger partial charge in [-0.25, -0.2) is 0 Å². The zero-order valence-corrected chi connectivity index (χ0v) is 31.1. The molecule has 0 saturated heterocycles. The van der Waals surface area contributed by atoms with E-state index in [0.29, 0.717) is 0 Å². The number of hydrogen-bond acceptors (Lipinski definition) is 2. The lowest BCUT2D eigenvalue weighted by molar-refractivity contribution is 0.750. The van der Waals surface area contributed by atoms with E-state index in [-0.39, 0.29) is 0 Å². The molecule has 2 aliphatic rings. The summed E-state index contributed by atoms with van der Waals surface area (Å²) in [6.45, 7) is 0. The summed E-state index contributed by atoms with van der Waals surface area (Å²) in [5, 5.41) is 7.76. The van der Waals surface area contributed by atoms with Gasteiger partial charge in [0, 0.05) is 47.7 Å². The summed E-state index contributed by atoms with van der Waals surface area (Å²) in [7, 11) is 0. The Morgan fingerprint density at radius 2 is 1.14 bits per heavy atom. The third-order valence-corrected chi connectivity index (χ3v) is 13.7. The first-order valence-corrected chi connectivity index (χ1v) is 20.2. The molecule has 1 unspecified atom stereocenters. The molecule has 0 bridgehead atoms. The van der Waals surface area contributed by atoms with E-state index in [2.05, 4.69) is 204 Å². The maximum absolute atomic E-state index is 2.57. The van der Waals surface area contributed by atoms with Crippen molar-refractivity contribution in [1.29, 1.82) is 0 Å². The van der Waals surface area contributed by atoms with Crippen LogP contribution in [0.25, 0.3) is 69.6 Å². The summed E-state index contributed by atoms with van der Waals surface area (Å²) in [5.41, 5.74) is 14.6. The van der Waals surface area contributed by atoms with Crippen molar-refractivity contribution in [2.24, 2.45) is 0 Å². The van der Waals surface area contributed by atoms with Crippen LogP contribution in [0.3, 0.4) is 0 Å². The summed E-state index contributed by atoms with van der Waals surface area (Å²) in [6.07, 6.45) is 0. The van der Waals surface area contributed by atoms with Crippen LogP contribution in [0, 0.1) is 0 Å². The third-order valence-electron chi connectivity index (χ3n) is 12.5. The van der Waals surface area contributed by atoms with Gasteiger partial charge in [0.1, 0.15) is 0 Å². The van der Waals surface area contributed by atoms with E-state index in [0.717, 1.165) is 17.1 Å². The minimum atomic E-state index is -0.570. The Balaban J connectivity index is 1.21. The fraction of sp³-hybridized carbons (Fsp3) is 0.0189. The molecule has 11 aromatic rings. The minimum absolute atomic E-state index is 0.570. The molecular weight excluding hydrogens is 697 g/mol. The standard InChI is InChI=1S/C53H32N2S/c1-2-17-34(18-3-1)54(46-27-14-16-33-15-4-5-19-36(33)46)35-29-30-38-37-20-6-9-23-42(37)53(44(38)31-35)43-24-10-12-26-48(43)55-47-25-11-7-22-40(47)50-51(55)45(53)32-41-39-21-8-13-28-49(39)56-52(41)50/h1-32H. The minimum Gasteiger partial charge on any atom is -0.310 e. The van der Waals surface area contributed by atoms with Crippen molar-refractivity contribution < 1.29 is 0 Å². The zero-order chi connectivity index (χ0) is 36.5. The number of rotatable bonds is 3. The predicted molar refractivity (Wildman–Crippen MR) is 237 cm³/mol. The van der Waals surface area contributed by atoms with Crippen molar-refractivity contribution in [2.45, 2.75) is 5.41 Å². The van der Waals surface area contributed by atoms with Gasteiger partial charge < -0.3 is 9.47 Å². The molecule has 0 fully saturated rings. The second-order valence-electron chi connectivity index (χ2n) is 15.2. The number of nitrogens with zero attached hydrogens (tertiary/aromatic N) is 2. The van der Waals surface area contributed by atoms with Crippen molar-refractivity contribution in [1.82, 2.24) is 4.57 Å². The number of fused-ring (bicyclic) bond motifs is 17. The molecule has 1 aliphatic carbocycles. The van der Waals surface area contributed by atoms with Gasteiger partial charge in [-0.2, -0.15) is 0 Å².